The number of nitrogens with one attached hydrogen (secondary N) is 1. The van der Waals surface area contributed by atoms with Gasteiger partial charge in [0.15, 0.2) is 0 Å². The fraction of sp³-hybridized carbons (Fsp3) is 0.438. The zero-order valence-electron chi connectivity index (χ0n) is 11.6. The van der Waals surface area contributed by atoms with E-state index in [4.69, 9.17) is 9.84 Å². The zero-order valence-corrected chi connectivity index (χ0v) is 11.6. The maximum atomic E-state index is 12.1. The quantitative estimate of drug-likeness (QED) is 0.808. The molecule has 1 amide bonds. The molecule has 0 bridgehead atoms. The first-order chi connectivity index (χ1) is 9.69. The number of rotatable bonds is 2. The van der Waals surface area contributed by atoms with Gasteiger partial charge in [-0.1, -0.05) is 11.8 Å². The molecule has 1 aromatic carbocycles. The maximum absolute atomic E-state index is 12.1. The van der Waals surface area contributed by atoms with Crippen molar-refractivity contribution in [3.05, 3.63) is 29.3 Å². The van der Waals surface area contributed by atoms with Crippen molar-refractivity contribution in [1.29, 1.82) is 0 Å². The molecule has 0 aromatic heterocycles. The highest BCUT2D eigenvalue weighted by atomic mass is 16.5. The topological polar surface area (TPSA) is 58.6 Å². The zero-order chi connectivity index (χ0) is 14.4. The monoisotopic (exact) mass is 273 g/mol. The summed E-state index contributed by atoms with van der Waals surface area (Å²) in [6, 6.07) is 5.61. The molecule has 1 heterocycles. The lowest BCUT2D eigenvalue weighted by atomic mass is 10.1. The van der Waals surface area contributed by atoms with Gasteiger partial charge in [0.1, 0.15) is 12.7 Å². The number of carbonyl (C=O) groups excluding carboxylic acids is 1. The number of carbonyl (C=O) groups is 1. The Hall–Kier alpha value is -1.83. The van der Waals surface area contributed by atoms with Gasteiger partial charge in [0.05, 0.1) is 0 Å². The van der Waals surface area contributed by atoms with Gasteiger partial charge in [0.25, 0.3) is 5.91 Å². The van der Waals surface area contributed by atoms with E-state index >= 15 is 0 Å². The van der Waals surface area contributed by atoms with Crippen molar-refractivity contribution in [2.75, 3.05) is 18.5 Å². The number of aryl methyl sites for hydroxylation is 1. The van der Waals surface area contributed by atoms with Crippen LogP contribution >= 0.6 is 0 Å². The number of aliphatic hydroxyl groups is 1. The van der Waals surface area contributed by atoms with E-state index in [0.29, 0.717) is 12.3 Å². The molecule has 4 nitrogen and oxygen atoms in total. The Bertz CT molecular complexity index is 536. The van der Waals surface area contributed by atoms with Crippen molar-refractivity contribution >= 4 is 11.6 Å². The second-order valence-corrected chi connectivity index (χ2v) is 4.89. The van der Waals surface area contributed by atoms with Crippen LogP contribution < -0.4 is 5.32 Å². The van der Waals surface area contributed by atoms with Crippen molar-refractivity contribution in [2.45, 2.75) is 32.3 Å². The van der Waals surface area contributed by atoms with Gasteiger partial charge in [-0.2, -0.15) is 0 Å². The summed E-state index contributed by atoms with van der Waals surface area (Å²) in [5, 5.41) is 11.6. The van der Waals surface area contributed by atoms with E-state index < -0.39 is 0 Å². The lowest BCUT2D eigenvalue weighted by Gasteiger charge is -2.21. The molecule has 1 fully saturated rings. The van der Waals surface area contributed by atoms with Gasteiger partial charge >= 0.3 is 0 Å². The minimum atomic E-state index is -0.351. The number of benzene rings is 1. The minimum Gasteiger partial charge on any atom is -0.384 e. The average molecular weight is 273 g/mol. The highest BCUT2D eigenvalue weighted by molar-refractivity contribution is 5.94. The molecule has 1 aliphatic heterocycles. The molecule has 1 saturated heterocycles. The molecule has 106 valence electrons. The van der Waals surface area contributed by atoms with Gasteiger partial charge in [-0.3, -0.25) is 4.79 Å². The van der Waals surface area contributed by atoms with E-state index in [2.05, 4.69) is 17.2 Å². The summed E-state index contributed by atoms with van der Waals surface area (Å²) in [4.78, 5) is 12.1. The predicted molar refractivity (Wildman–Crippen MR) is 77.4 cm³/mol. The Kier molecular flexibility index (Phi) is 5.16. The molecule has 0 saturated carbocycles. The van der Waals surface area contributed by atoms with E-state index in [1.54, 1.807) is 6.07 Å². The molecule has 1 atom stereocenters. The largest absolute Gasteiger partial charge is 0.384 e. The molecule has 4 heteroatoms. The first kappa shape index (κ1) is 14.6. The number of anilines is 1. The van der Waals surface area contributed by atoms with Gasteiger partial charge in [0.2, 0.25) is 0 Å². The second-order valence-electron chi connectivity index (χ2n) is 4.89. The smallest absolute Gasteiger partial charge is 0.253 e. The molecular weight excluding hydrogens is 254 g/mol. The molecule has 20 heavy (non-hydrogen) atoms. The van der Waals surface area contributed by atoms with Crippen LogP contribution in [-0.4, -0.2) is 30.3 Å². The third kappa shape index (κ3) is 4.09. The van der Waals surface area contributed by atoms with Crippen molar-refractivity contribution in [1.82, 2.24) is 0 Å². The van der Waals surface area contributed by atoms with Gasteiger partial charge in [0, 0.05) is 17.9 Å². The molecule has 0 aliphatic carbocycles. The highest BCUT2D eigenvalue weighted by Gasteiger charge is 2.21. The fourth-order valence-electron chi connectivity index (χ4n) is 2.24. The number of amides is 1. The standard InChI is InChI=1S/C16H19NO3/c1-12-9-13(5-4-7-18)11-14(10-12)17-16(19)15-6-2-3-8-20-15/h9-11,15,18H,2-3,6-8H2,1H3,(H,17,19). The summed E-state index contributed by atoms with van der Waals surface area (Å²) in [5.41, 5.74) is 2.50. The normalized spacial score (nSPS) is 18.0. The molecule has 2 rings (SSSR count). The van der Waals surface area contributed by atoms with Crippen LogP contribution in [0.1, 0.15) is 30.4 Å². The maximum Gasteiger partial charge on any atom is 0.253 e. The number of aliphatic hydroxyl groups excluding tert-OH is 1. The number of hydrogen-bond donors (Lipinski definition) is 2. The van der Waals surface area contributed by atoms with Gasteiger partial charge < -0.3 is 15.2 Å². The van der Waals surface area contributed by atoms with Crippen LogP contribution in [0.25, 0.3) is 0 Å². The summed E-state index contributed by atoms with van der Waals surface area (Å²) in [7, 11) is 0. The Morgan fingerprint density at radius 2 is 2.30 bits per heavy atom. The molecule has 0 radical (unpaired) electrons. The van der Waals surface area contributed by atoms with Crippen LogP contribution in [0.2, 0.25) is 0 Å². The van der Waals surface area contributed by atoms with E-state index in [-0.39, 0.29) is 18.6 Å². The van der Waals surface area contributed by atoms with Crippen molar-refractivity contribution in [3.63, 3.8) is 0 Å². The van der Waals surface area contributed by atoms with Crippen LogP contribution in [-0.2, 0) is 9.53 Å². The lowest BCUT2D eigenvalue weighted by Crippen LogP contribution is -2.33. The third-order valence-corrected chi connectivity index (χ3v) is 3.13. The van der Waals surface area contributed by atoms with E-state index in [0.717, 1.165) is 30.4 Å². The summed E-state index contributed by atoms with van der Waals surface area (Å²) < 4.78 is 5.46. The molecule has 2 N–H and O–H groups in total. The second kappa shape index (κ2) is 7.09. The Morgan fingerprint density at radius 1 is 1.45 bits per heavy atom. The number of hydrogen-bond acceptors (Lipinski definition) is 3. The fourth-order valence-corrected chi connectivity index (χ4v) is 2.24. The van der Waals surface area contributed by atoms with Crippen molar-refractivity contribution < 1.29 is 14.6 Å². The lowest BCUT2D eigenvalue weighted by molar-refractivity contribution is -0.129. The Labute approximate surface area is 119 Å². The average Bonchev–Trinajstić information content (AvgIpc) is 2.45. The van der Waals surface area contributed by atoms with E-state index in [1.165, 1.54) is 0 Å². The van der Waals surface area contributed by atoms with Gasteiger partial charge in [-0.15, -0.1) is 0 Å². The van der Waals surface area contributed by atoms with Crippen molar-refractivity contribution in [2.24, 2.45) is 0 Å². The van der Waals surface area contributed by atoms with E-state index in [1.807, 2.05) is 19.1 Å². The van der Waals surface area contributed by atoms with Crippen LogP contribution in [0.3, 0.4) is 0 Å². The van der Waals surface area contributed by atoms with Crippen LogP contribution in [0.4, 0.5) is 5.69 Å². The third-order valence-electron chi connectivity index (χ3n) is 3.13. The summed E-state index contributed by atoms with van der Waals surface area (Å²) in [5.74, 6) is 5.35. The van der Waals surface area contributed by atoms with Gasteiger partial charge in [-0.05, 0) is 49.9 Å². The highest BCUT2D eigenvalue weighted by Crippen LogP contribution is 2.17. The van der Waals surface area contributed by atoms with Crippen LogP contribution in [0, 0.1) is 18.8 Å². The van der Waals surface area contributed by atoms with Crippen LogP contribution in [0.15, 0.2) is 18.2 Å². The van der Waals surface area contributed by atoms with E-state index in [9.17, 15) is 4.79 Å². The first-order valence-corrected chi connectivity index (χ1v) is 6.83. The molecule has 1 unspecified atom stereocenters. The Morgan fingerprint density at radius 3 is 3.00 bits per heavy atom. The number of ether oxygens (including phenoxy) is 1. The predicted octanol–water partition coefficient (Wildman–Crippen LogP) is 1.85. The summed E-state index contributed by atoms with van der Waals surface area (Å²) in [6.07, 6.45) is 2.47. The SMILES string of the molecule is Cc1cc(C#CCO)cc(NC(=O)C2CCCCO2)c1. The molecule has 1 aliphatic rings. The molecule has 1 aromatic rings. The molecule has 0 spiro atoms. The van der Waals surface area contributed by atoms with Gasteiger partial charge in [-0.25, -0.2) is 0 Å². The first-order valence-electron chi connectivity index (χ1n) is 6.83. The summed E-state index contributed by atoms with van der Waals surface area (Å²) >= 11 is 0. The minimum absolute atomic E-state index is 0.101. The molecular formula is C16H19NO3. The van der Waals surface area contributed by atoms with Crippen molar-refractivity contribution in [3.8, 4) is 11.8 Å². The summed E-state index contributed by atoms with van der Waals surface area (Å²) in [6.45, 7) is 2.42. The Balaban J connectivity index is 2.08. The van der Waals surface area contributed by atoms with Crippen LogP contribution in [0.5, 0.6) is 0 Å².